The minimum atomic E-state index is -0.219. The molecule has 2 aromatic carbocycles. The van der Waals surface area contributed by atoms with E-state index in [1.807, 2.05) is 45.0 Å². The normalized spacial score (nSPS) is 12.4. The quantitative estimate of drug-likeness (QED) is 0.602. The van der Waals surface area contributed by atoms with Gasteiger partial charge in [-0.1, -0.05) is 13.8 Å². The molecule has 172 valence electrons. The Labute approximate surface area is 194 Å². The first-order valence-corrected chi connectivity index (χ1v) is 10.7. The number of hydrogen-bond donors (Lipinski definition) is 2. The van der Waals surface area contributed by atoms with Gasteiger partial charge in [-0.2, -0.15) is 5.26 Å². The van der Waals surface area contributed by atoms with E-state index in [-0.39, 0.29) is 36.6 Å². The van der Waals surface area contributed by atoms with Crippen molar-refractivity contribution in [2.75, 3.05) is 39.2 Å². The highest BCUT2D eigenvalue weighted by atomic mass is 16.5. The predicted molar refractivity (Wildman–Crippen MR) is 127 cm³/mol. The van der Waals surface area contributed by atoms with Crippen LogP contribution in [0.1, 0.15) is 57.2 Å². The number of carbonyl (C=O) groups is 2. The van der Waals surface area contributed by atoms with E-state index in [4.69, 9.17) is 15.4 Å². The summed E-state index contributed by atoms with van der Waals surface area (Å²) in [7, 11) is 5.31. The molecule has 0 fully saturated rings. The summed E-state index contributed by atoms with van der Waals surface area (Å²) in [5.74, 6) is 0.618. The van der Waals surface area contributed by atoms with Crippen molar-refractivity contribution in [3.63, 3.8) is 0 Å². The SMILES string of the molecule is CNC(=O)c1cc2c(cc1N(C)C)CN(CC(=O)c1ccc(OCC#N)c(C(C)C)c1)C2=N. The molecule has 3 rings (SSSR count). The molecule has 8 nitrogen and oxygen atoms in total. The number of amides is 1. The number of ketones is 1. The van der Waals surface area contributed by atoms with Crippen molar-refractivity contribution in [2.45, 2.75) is 26.3 Å². The Hall–Kier alpha value is -3.86. The van der Waals surface area contributed by atoms with Crippen LogP contribution in [0.3, 0.4) is 0 Å². The summed E-state index contributed by atoms with van der Waals surface area (Å²) in [6.45, 7) is 4.43. The maximum absolute atomic E-state index is 13.1. The second-order valence-corrected chi connectivity index (χ2v) is 8.48. The molecule has 0 atom stereocenters. The number of anilines is 1. The molecule has 0 bridgehead atoms. The lowest BCUT2D eigenvalue weighted by Gasteiger charge is -2.18. The minimum Gasteiger partial charge on any atom is -0.478 e. The van der Waals surface area contributed by atoms with Gasteiger partial charge in [0.15, 0.2) is 12.4 Å². The molecule has 33 heavy (non-hydrogen) atoms. The van der Waals surface area contributed by atoms with Gasteiger partial charge in [0, 0.05) is 44.5 Å². The average molecular weight is 448 g/mol. The van der Waals surface area contributed by atoms with E-state index in [9.17, 15) is 9.59 Å². The van der Waals surface area contributed by atoms with Crippen LogP contribution in [0, 0.1) is 16.7 Å². The molecule has 2 aromatic rings. The van der Waals surface area contributed by atoms with Gasteiger partial charge in [-0.05, 0) is 47.4 Å². The Morgan fingerprint density at radius 1 is 1.27 bits per heavy atom. The van der Waals surface area contributed by atoms with Crippen LogP contribution in [-0.2, 0) is 6.54 Å². The number of benzene rings is 2. The van der Waals surface area contributed by atoms with Crippen molar-refractivity contribution in [3.05, 3.63) is 58.1 Å². The summed E-state index contributed by atoms with van der Waals surface area (Å²) in [4.78, 5) is 29.0. The largest absolute Gasteiger partial charge is 0.478 e. The summed E-state index contributed by atoms with van der Waals surface area (Å²) in [6.07, 6.45) is 0. The van der Waals surface area contributed by atoms with Crippen LogP contribution in [0.5, 0.6) is 5.75 Å². The van der Waals surface area contributed by atoms with Crippen LogP contribution < -0.4 is 15.0 Å². The lowest BCUT2D eigenvalue weighted by molar-refractivity contribution is 0.0955. The van der Waals surface area contributed by atoms with E-state index >= 15 is 0 Å². The zero-order valence-electron chi connectivity index (χ0n) is 19.7. The van der Waals surface area contributed by atoms with E-state index in [2.05, 4.69) is 5.32 Å². The van der Waals surface area contributed by atoms with Crippen LogP contribution in [0.15, 0.2) is 30.3 Å². The smallest absolute Gasteiger partial charge is 0.253 e. The van der Waals surface area contributed by atoms with Crippen molar-refractivity contribution in [2.24, 2.45) is 0 Å². The molecule has 1 heterocycles. The van der Waals surface area contributed by atoms with Crippen molar-refractivity contribution in [1.82, 2.24) is 10.2 Å². The third-order valence-electron chi connectivity index (χ3n) is 5.69. The third kappa shape index (κ3) is 4.82. The van der Waals surface area contributed by atoms with Crippen molar-refractivity contribution in [1.29, 1.82) is 10.7 Å². The van der Waals surface area contributed by atoms with Gasteiger partial charge in [0.25, 0.3) is 5.91 Å². The Balaban J connectivity index is 1.85. The van der Waals surface area contributed by atoms with Crippen LogP contribution in [0.2, 0.25) is 0 Å². The number of nitrogens with zero attached hydrogens (tertiary/aromatic N) is 3. The minimum absolute atomic E-state index is 0.0516. The zero-order valence-corrected chi connectivity index (χ0v) is 19.7. The zero-order chi connectivity index (χ0) is 24.3. The maximum Gasteiger partial charge on any atom is 0.253 e. The molecule has 0 spiro atoms. The highest BCUT2D eigenvalue weighted by Gasteiger charge is 2.29. The maximum atomic E-state index is 13.1. The number of hydrogen-bond acceptors (Lipinski definition) is 6. The number of rotatable bonds is 8. The molecule has 0 saturated carbocycles. The number of Topliss-reactive ketones (excluding diaryl/α,β-unsaturated/α-hetero) is 1. The van der Waals surface area contributed by atoms with Gasteiger partial charge >= 0.3 is 0 Å². The second kappa shape index (κ2) is 9.74. The molecule has 2 N–H and O–H groups in total. The fourth-order valence-electron chi connectivity index (χ4n) is 3.94. The van der Waals surface area contributed by atoms with Gasteiger partial charge in [-0.25, -0.2) is 0 Å². The van der Waals surface area contributed by atoms with Crippen LogP contribution in [0.4, 0.5) is 5.69 Å². The fraction of sp³-hybridized carbons (Fsp3) is 0.360. The first-order chi connectivity index (χ1) is 15.7. The monoisotopic (exact) mass is 447 g/mol. The molecule has 8 heteroatoms. The summed E-state index contributed by atoms with van der Waals surface area (Å²) in [6, 6.07) is 10.8. The average Bonchev–Trinajstić information content (AvgIpc) is 3.10. The number of amidine groups is 1. The number of nitriles is 1. The summed E-state index contributed by atoms with van der Waals surface area (Å²) < 4.78 is 5.49. The number of ether oxygens (including phenoxy) is 1. The Morgan fingerprint density at radius 2 is 2.00 bits per heavy atom. The van der Waals surface area contributed by atoms with Crippen LogP contribution in [-0.4, -0.2) is 56.7 Å². The van der Waals surface area contributed by atoms with Gasteiger partial charge < -0.3 is 19.9 Å². The Morgan fingerprint density at radius 3 is 2.61 bits per heavy atom. The first-order valence-electron chi connectivity index (χ1n) is 10.7. The lowest BCUT2D eigenvalue weighted by atomic mass is 9.98. The topological polar surface area (TPSA) is 110 Å². The standard InChI is InChI=1S/C25H29N5O3/c1-15(2)18-10-16(6-7-23(18)33-9-8-26)22(31)14-30-13-17-11-21(29(4)5)20(25(32)28-3)12-19(17)24(30)27/h6-7,10-12,15,27H,9,13-14H2,1-5H3,(H,28,32). The molecule has 0 aromatic heterocycles. The molecule has 0 radical (unpaired) electrons. The molecular weight excluding hydrogens is 418 g/mol. The molecule has 1 amide bonds. The highest BCUT2D eigenvalue weighted by Crippen LogP contribution is 2.31. The number of fused-ring (bicyclic) bond motifs is 1. The van der Waals surface area contributed by atoms with E-state index < -0.39 is 0 Å². The van der Waals surface area contributed by atoms with Gasteiger partial charge in [0.2, 0.25) is 0 Å². The molecule has 1 aliphatic rings. The van der Waals surface area contributed by atoms with Crippen LogP contribution >= 0.6 is 0 Å². The van der Waals surface area contributed by atoms with E-state index in [0.717, 1.165) is 16.8 Å². The fourth-order valence-corrected chi connectivity index (χ4v) is 3.94. The molecule has 0 unspecified atom stereocenters. The van der Waals surface area contributed by atoms with Gasteiger partial charge in [0.1, 0.15) is 17.7 Å². The molecule has 1 aliphatic heterocycles. The van der Waals surface area contributed by atoms with Gasteiger partial charge in [-0.3, -0.25) is 15.0 Å². The highest BCUT2D eigenvalue weighted by molar-refractivity contribution is 6.08. The molecule has 0 saturated heterocycles. The Kier molecular flexibility index (Phi) is 7.02. The van der Waals surface area contributed by atoms with Crippen molar-refractivity contribution in [3.8, 4) is 11.8 Å². The summed E-state index contributed by atoms with van der Waals surface area (Å²) in [5, 5.41) is 20.0. The molecular formula is C25H29N5O3. The van der Waals surface area contributed by atoms with E-state index in [1.165, 1.54) is 0 Å². The van der Waals surface area contributed by atoms with Gasteiger partial charge in [-0.15, -0.1) is 0 Å². The van der Waals surface area contributed by atoms with E-state index in [0.29, 0.717) is 29.0 Å². The lowest BCUT2D eigenvalue weighted by Crippen LogP contribution is -2.30. The van der Waals surface area contributed by atoms with E-state index in [1.54, 1.807) is 36.2 Å². The second-order valence-electron chi connectivity index (χ2n) is 8.48. The molecule has 0 aliphatic carbocycles. The van der Waals surface area contributed by atoms with Crippen molar-refractivity contribution >= 4 is 23.2 Å². The first kappa shape index (κ1) is 23.8. The summed E-state index contributed by atoms with van der Waals surface area (Å²) in [5.41, 5.74) is 4.23. The third-order valence-corrected chi connectivity index (χ3v) is 5.69. The number of nitrogens with one attached hydrogen (secondary N) is 2. The van der Waals surface area contributed by atoms with Crippen LogP contribution in [0.25, 0.3) is 0 Å². The number of carbonyl (C=O) groups excluding carboxylic acids is 2. The van der Waals surface area contributed by atoms with Gasteiger partial charge in [0.05, 0.1) is 12.1 Å². The summed E-state index contributed by atoms with van der Waals surface area (Å²) >= 11 is 0. The Bertz CT molecular complexity index is 1150. The predicted octanol–water partition coefficient (Wildman–Crippen LogP) is 3.16. The van der Waals surface area contributed by atoms with Crippen molar-refractivity contribution < 1.29 is 14.3 Å².